The molecule has 0 aliphatic rings. The van der Waals surface area contributed by atoms with Gasteiger partial charge in [-0.2, -0.15) is 5.10 Å². The second-order valence-corrected chi connectivity index (χ2v) is 7.58. The lowest BCUT2D eigenvalue weighted by atomic mass is 10.1. The number of carbonyl (C=O) groups is 1. The van der Waals surface area contributed by atoms with Crippen molar-refractivity contribution in [1.82, 2.24) is 15.1 Å². The lowest BCUT2D eigenvalue weighted by Gasteiger charge is -2.20. The van der Waals surface area contributed by atoms with Gasteiger partial charge >= 0.3 is 0 Å². The van der Waals surface area contributed by atoms with E-state index in [9.17, 15) is 4.79 Å². The van der Waals surface area contributed by atoms with E-state index in [1.807, 2.05) is 58.2 Å². The van der Waals surface area contributed by atoms with E-state index >= 15 is 0 Å². The maximum Gasteiger partial charge on any atom is 0.253 e. The van der Waals surface area contributed by atoms with Crippen LogP contribution >= 0.6 is 0 Å². The molecular formula is C26H33N3O4. The highest BCUT2D eigenvalue weighted by Crippen LogP contribution is 2.39. The molecule has 1 N–H and O–H groups in total. The molecule has 0 atom stereocenters. The summed E-state index contributed by atoms with van der Waals surface area (Å²) >= 11 is 0. The van der Waals surface area contributed by atoms with Gasteiger partial charge in [0.15, 0.2) is 11.5 Å². The summed E-state index contributed by atoms with van der Waals surface area (Å²) in [5, 5.41) is 7.50. The Hall–Kier alpha value is -3.48. The SMILES string of the molecule is CCOc1cc(C(=O)N(C)CCCc2cc(-c3ccccc3)n[nH]2)cc(OCC)c1OCC. The molecule has 0 spiro atoms. The molecule has 0 aliphatic heterocycles. The third-order valence-electron chi connectivity index (χ3n) is 5.14. The van der Waals surface area contributed by atoms with Crippen LogP contribution in [0.2, 0.25) is 0 Å². The topological polar surface area (TPSA) is 76.7 Å². The molecule has 3 aromatic rings. The van der Waals surface area contributed by atoms with Crippen molar-refractivity contribution in [3.63, 3.8) is 0 Å². The van der Waals surface area contributed by atoms with Gasteiger partial charge in [-0.1, -0.05) is 30.3 Å². The summed E-state index contributed by atoms with van der Waals surface area (Å²) in [6, 6.07) is 15.6. The number of nitrogens with zero attached hydrogens (tertiary/aromatic N) is 2. The molecule has 0 saturated heterocycles. The minimum Gasteiger partial charge on any atom is -0.490 e. The fourth-order valence-corrected chi connectivity index (χ4v) is 3.59. The van der Waals surface area contributed by atoms with Crippen molar-refractivity contribution >= 4 is 5.91 Å². The molecule has 1 heterocycles. The number of ether oxygens (including phenoxy) is 3. The molecule has 0 radical (unpaired) electrons. The monoisotopic (exact) mass is 451 g/mol. The lowest BCUT2D eigenvalue weighted by molar-refractivity contribution is 0.0792. The molecule has 0 fully saturated rings. The van der Waals surface area contributed by atoms with Crippen molar-refractivity contribution < 1.29 is 19.0 Å². The number of aryl methyl sites for hydroxylation is 1. The molecule has 1 amide bonds. The van der Waals surface area contributed by atoms with Crippen LogP contribution in [0.25, 0.3) is 11.3 Å². The summed E-state index contributed by atoms with van der Waals surface area (Å²) in [4.78, 5) is 14.8. The minimum atomic E-state index is -0.0884. The molecule has 1 aromatic heterocycles. The Bertz CT molecular complexity index is 1010. The van der Waals surface area contributed by atoms with Crippen LogP contribution in [-0.4, -0.2) is 54.4 Å². The second kappa shape index (κ2) is 11.9. The predicted octanol–water partition coefficient (Wildman–Crippen LogP) is 4.98. The number of aromatic nitrogens is 2. The van der Waals surface area contributed by atoms with Crippen molar-refractivity contribution in [1.29, 1.82) is 0 Å². The van der Waals surface area contributed by atoms with Crippen molar-refractivity contribution in [3.8, 4) is 28.5 Å². The molecule has 2 aromatic carbocycles. The van der Waals surface area contributed by atoms with Gasteiger partial charge in [0.25, 0.3) is 5.91 Å². The Morgan fingerprint density at radius 3 is 2.18 bits per heavy atom. The van der Waals surface area contributed by atoms with Crippen molar-refractivity contribution in [2.24, 2.45) is 0 Å². The average Bonchev–Trinajstić information content (AvgIpc) is 3.30. The first-order valence-electron chi connectivity index (χ1n) is 11.5. The molecule has 7 heteroatoms. The van der Waals surface area contributed by atoms with E-state index in [0.29, 0.717) is 49.2 Å². The Labute approximate surface area is 195 Å². The van der Waals surface area contributed by atoms with Gasteiger partial charge in [0.2, 0.25) is 5.75 Å². The first kappa shape index (κ1) is 24.2. The van der Waals surface area contributed by atoms with Gasteiger partial charge in [-0.25, -0.2) is 0 Å². The van der Waals surface area contributed by atoms with Crippen LogP contribution in [0.4, 0.5) is 0 Å². The van der Waals surface area contributed by atoms with Crippen LogP contribution in [0.15, 0.2) is 48.5 Å². The zero-order valence-electron chi connectivity index (χ0n) is 19.9. The zero-order chi connectivity index (χ0) is 23.6. The highest BCUT2D eigenvalue weighted by atomic mass is 16.5. The van der Waals surface area contributed by atoms with Gasteiger partial charge in [0.05, 0.1) is 25.5 Å². The van der Waals surface area contributed by atoms with E-state index in [4.69, 9.17) is 14.2 Å². The lowest BCUT2D eigenvalue weighted by Crippen LogP contribution is -2.28. The molecule has 0 unspecified atom stereocenters. The van der Waals surface area contributed by atoms with Crippen molar-refractivity contribution in [3.05, 3.63) is 59.8 Å². The van der Waals surface area contributed by atoms with E-state index in [1.54, 1.807) is 17.0 Å². The number of benzene rings is 2. The first-order chi connectivity index (χ1) is 16.1. The van der Waals surface area contributed by atoms with Crippen LogP contribution in [0, 0.1) is 0 Å². The maximum atomic E-state index is 13.1. The maximum absolute atomic E-state index is 13.1. The van der Waals surface area contributed by atoms with Crippen molar-refractivity contribution in [2.75, 3.05) is 33.4 Å². The van der Waals surface area contributed by atoms with Gasteiger partial charge in [0, 0.05) is 30.4 Å². The highest BCUT2D eigenvalue weighted by molar-refractivity contribution is 5.95. The number of H-pyrrole nitrogens is 1. The first-order valence-corrected chi connectivity index (χ1v) is 11.5. The smallest absolute Gasteiger partial charge is 0.253 e. The van der Waals surface area contributed by atoms with Crippen LogP contribution in [0.1, 0.15) is 43.2 Å². The summed E-state index contributed by atoms with van der Waals surface area (Å²) in [7, 11) is 1.81. The number of amides is 1. The predicted molar refractivity (Wildman–Crippen MR) is 129 cm³/mol. The molecule has 3 rings (SSSR count). The van der Waals surface area contributed by atoms with E-state index < -0.39 is 0 Å². The number of rotatable bonds is 12. The van der Waals surface area contributed by atoms with E-state index in [1.165, 1.54) is 0 Å². The molecule has 0 aliphatic carbocycles. The number of nitrogens with one attached hydrogen (secondary N) is 1. The normalized spacial score (nSPS) is 10.7. The number of aromatic amines is 1. The number of hydrogen-bond donors (Lipinski definition) is 1. The second-order valence-electron chi connectivity index (χ2n) is 7.58. The van der Waals surface area contributed by atoms with Crippen LogP contribution in [-0.2, 0) is 6.42 Å². The van der Waals surface area contributed by atoms with Gasteiger partial charge in [-0.05, 0) is 51.8 Å². The summed E-state index contributed by atoms with van der Waals surface area (Å²) in [5.74, 6) is 1.49. The summed E-state index contributed by atoms with van der Waals surface area (Å²) in [6.07, 6.45) is 1.61. The molecular weight excluding hydrogens is 418 g/mol. The Balaban J connectivity index is 1.65. The van der Waals surface area contributed by atoms with E-state index in [0.717, 1.165) is 29.8 Å². The van der Waals surface area contributed by atoms with Gasteiger partial charge in [0.1, 0.15) is 0 Å². The third kappa shape index (κ3) is 6.28. The molecule has 176 valence electrons. The van der Waals surface area contributed by atoms with Crippen LogP contribution < -0.4 is 14.2 Å². The minimum absolute atomic E-state index is 0.0884. The molecule has 33 heavy (non-hydrogen) atoms. The quantitative estimate of drug-likeness (QED) is 0.420. The molecule has 0 bridgehead atoms. The third-order valence-corrected chi connectivity index (χ3v) is 5.14. The van der Waals surface area contributed by atoms with E-state index in [-0.39, 0.29) is 5.91 Å². The van der Waals surface area contributed by atoms with Gasteiger partial charge < -0.3 is 19.1 Å². The number of hydrogen-bond acceptors (Lipinski definition) is 5. The number of carbonyl (C=O) groups excluding carboxylic acids is 1. The van der Waals surface area contributed by atoms with E-state index in [2.05, 4.69) is 16.3 Å². The summed E-state index contributed by atoms with van der Waals surface area (Å²) < 4.78 is 17.2. The Morgan fingerprint density at radius 2 is 1.58 bits per heavy atom. The molecule has 0 saturated carbocycles. The average molecular weight is 452 g/mol. The summed E-state index contributed by atoms with van der Waals surface area (Å²) in [6.45, 7) is 7.72. The fraction of sp³-hybridized carbons (Fsp3) is 0.385. The van der Waals surface area contributed by atoms with Gasteiger partial charge in [-0.15, -0.1) is 0 Å². The largest absolute Gasteiger partial charge is 0.490 e. The fourth-order valence-electron chi connectivity index (χ4n) is 3.59. The summed E-state index contributed by atoms with van der Waals surface area (Å²) in [5.41, 5.74) is 3.57. The van der Waals surface area contributed by atoms with Gasteiger partial charge in [-0.3, -0.25) is 9.89 Å². The van der Waals surface area contributed by atoms with Crippen molar-refractivity contribution in [2.45, 2.75) is 33.6 Å². The van der Waals surface area contributed by atoms with Crippen LogP contribution in [0.3, 0.4) is 0 Å². The standard InChI is InChI=1S/C26H33N3O4/c1-5-31-23-16-20(17-24(32-6-2)25(23)33-7-3)26(30)29(4)15-11-14-21-18-22(28-27-21)19-12-9-8-10-13-19/h8-10,12-13,16-18H,5-7,11,14-15H2,1-4H3,(H,27,28). The zero-order valence-corrected chi connectivity index (χ0v) is 19.9. The Kier molecular flexibility index (Phi) is 8.75. The van der Waals surface area contributed by atoms with Crippen LogP contribution in [0.5, 0.6) is 17.2 Å². The Morgan fingerprint density at radius 1 is 0.939 bits per heavy atom. The highest BCUT2D eigenvalue weighted by Gasteiger charge is 2.20. The molecule has 7 nitrogen and oxygen atoms in total.